The van der Waals surface area contributed by atoms with Crippen molar-refractivity contribution in [3.63, 3.8) is 0 Å². The van der Waals surface area contributed by atoms with Crippen molar-refractivity contribution in [2.75, 3.05) is 5.32 Å². The van der Waals surface area contributed by atoms with Crippen molar-refractivity contribution in [3.8, 4) is 0 Å². The molecule has 0 aromatic carbocycles. The fourth-order valence-electron chi connectivity index (χ4n) is 1.48. The highest BCUT2D eigenvalue weighted by molar-refractivity contribution is 5.99. The molecule has 0 spiro atoms. The van der Waals surface area contributed by atoms with Crippen molar-refractivity contribution in [2.24, 2.45) is 0 Å². The van der Waals surface area contributed by atoms with E-state index in [0.717, 1.165) is 16.9 Å². The Bertz CT molecular complexity index is 360. The molecule has 68 valence electrons. The second-order valence-electron chi connectivity index (χ2n) is 3.50. The summed E-state index contributed by atoms with van der Waals surface area (Å²) in [5, 5.41) is 10.6. The third-order valence-electron chi connectivity index (χ3n) is 2.17. The van der Waals surface area contributed by atoms with Crippen molar-refractivity contribution >= 4 is 11.6 Å². The summed E-state index contributed by atoms with van der Waals surface area (Å²) in [5.41, 5.74) is 2.71. The first kappa shape index (κ1) is 8.16. The van der Waals surface area contributed by atoms with E-state index >= 15 is 0 Å². The monoisotopic (exact) mass is 177 g/mol. The number of hydrogen-bond donors (Lipinski definition) is 1. The SMILES string of the molecule is CC(C)c1cnnc2c1NC(=O)C2. The minimum atomic E-state index is 0.0115. The van der Waals surface area contributed by atoms with E-state index in [-0.39, 0.29) is 5.91 Å². The smallest absolute Gasteiger partial charge is 0.230 e. The van der Waals surface area contributed by atoms with Gasteiger partial charge in [-0.05, 0) is 5.92 Å². The molecule has 1 amide bonds. The van der Waals surface area contributed by atoms with Crippen LogP contribution in [0.1, 0.15) is 31.0 Å². The second kappa shape index (κ2) is 2.80. The number of nitrogens with one attached hydrogen (secondary N) is 1. The Morgan fingerprint density at radius 3 is 3.00 bits per heavy atom. The molecule has 2 rings (SSSR count). The van der Waals surface area contributed by atoms with Gasteiger partial charge >= 0.3 is 0 Å². The molecule has 1 aliphatic heterocycles. The van der Waals surface area contributed by atoms with Crippen molar-refractivity contribution in [2.45, 2.75) is 26.2 Å². The maximum atomic E-state index is 11.1. The van der Waals surface area contributed by atoms with Crippen LogP contribution < -0.4 is 5.32 Å². The number of carbonyl (C=O) groups excluding carboxylic acids is 1. The highest BCUT2D eigenvalue weighted by atomic mass is 16.1. The Kier molecular flexibility index (Phi) is 1.76. The zero-order chi connectivity index (χ0) is 9.42. The van der Waals surface area contributed by atoms with Crippen LogP contribution in [0.3, 0.4) is 0 Å². The number of rotatable bonds is 1. The molecule has 0 bridgehead atoms. The summed E-state index contributed by atoms with van der Waals surface area (Å²) in [6.45, 7) is 4.14. The van der Waals surface area contributed by atoms with Gasteiger partial charge in [0.2, 0.25) is 5.91 Å². The molecule has 4 nitrogen and oxygen atoms in total. The second-order valence-corrected chi connectivity index (χ2v) is 3.50. The molecule has 0 aliphatic carbocycles. The molecule has 0 atom stereocenters. The van der Waals surface area contributed by atoms with Crippen LogP contribution in [0.2, 0.25) is 0 Å². The minimum absolute atomic E-state index is 0.0115. The van der Waals surface area contributed by atoms with Crippen molar-refractivity contribution in [1.82, 2.24) is 10.2 Å². The predicted octanol–water partition coefficient (Wildman–Crippen LogP) is 1.09. The average Bonchev–Trinajstić information content (AvgIpc) is 2.43. The number of fused-ring (bicyclic) bond motifs is 1. The summed E-state index contributed by atoms with van der Waals surface area (Å²) in [4.78, 5) is 11.1. The van der Waals surface area contributed by atoms with E-state index in [1.165, 1.54) is 0 Å². The van der Waals surface area contributed by atoms with E-state index in [1.54, 1.807) is 6.20 Å². The van der Waals surface area contributed by atoms with Crippen LogP contribution in [0.4, 0.5) is 5.69 Å². The van der Waals surface area contributed by atoms with Gasteiger partial charge in [0.05, 0.1) is 24.0 Å². The van der Waals surface area contributed by atoms with Crippen molar-refractivity contribution in [3.05, 3.63) is 17.5 Å². The third kappa shape index (κ3) is 1.28. The fourth-order valence-corrected chi connectivity index (χ4v) is 1.48. The summed E-state index contributed by atoms with van der Waals surface area (Å²) in [7, 11) is 0. The van der Waals surface area contributed by atoms with Gasteiger partial charge in [0.1, 0.15) is 0 Å². The molecule has 0 unspecified atom stereocenters. The van der Waals surface area contributed by atoms with E-state index in [4.69, 9.17) is 0 Å². The molecule has 13 heavy (non-hydrogen) atoms. The molecule has 1 N–H and O–H groups in total. The molecular weight excluding hydrogens is 166 g/mol. The van der Waals surface area contributed by atoms with Crippen LogP contribution in [0, 0.1) is 0 Å². The summed E-state index contributed by atoms with van der Waals surface area (Å²) >= 11 is 0. The number of nitrogens with zero attached hydrogens (tertiary/aromatic N) is 2. The summed E-state index contributed by atoms with van der Waals surface area (Å²) in [5.74, 6) is 0.375. The largest absolute Gasteiger partial charge is 0.324 e. The Morgan fingerprint density at radius 1 is 1.54 bits per heavy atom. The first-order chi connectivity index (χ1) is 6.18. The summed E-state index contributed by atoms with van der Waals surface area (Å²) in [6.07, 6.45) is 2.08. The highest BCUT2D eigenvalue weighted by Gasteiger charge is 2.23. The Labute approximate surface area is 76.4 Å². The van der Waals surface area contributed by atoms with Gasteiger partial charge in [-0.2, -0.15) is 10.2 Å². The van der Waals surface area contributed by atoms with Crippen LogP contribution in [-0.2, 0) is 11.2 Å². The first-order valence-corrected chi connectivity index (χ1v) is 4.33. The Balaban J connectivity index is 2.51. The molecule has 0 fully saturated rings. The Hall–Kier alpha value is -1.45. The van der Waals surface area contributed by atoms with E-state index in [9.17, 15) is 4.79 Å². The molecular formula is C9H11N3O. The van der Waals surface area contributed by atoms with Crippen molar-refractivity contribution < 1.29 is 4.79 Å². The average molecular weight is 177 g/mol. The lowest BCUT2D eigenvalue weighted by molar-refractivity contribution is -0.115. The first-order valence-electron chi connectivity index (χ1n) is 4.33. The molecule has 0 saturated heterocycles. The topological polar surface area (TPSA) is 54.9 Å². The quantitative estimate of drug-likeness (QED) is 0.698. The predicted molar refractivity (Wildman–Crippen MR) is 48.5 cm³/mol. The molecule has 0 radical (unpaired) electrons. The minimum Gasteiger partial charge on any atom is -0.324 e. The number of carbonyl (C=O) groups is 1. The van der Waals surface area contributed by atoms with E-state index in [0.29, 0.717) is 12.3 Å². The maximum absolute atomic E-state index is 11.1. The van der Waals surface area contributed by atoms with Crippen LogP contribution in [0.5, 0.6) is 0 Å². The number of anilines is 1. The Morgan fingerprint density at radius 2 is 2.31 bits per heavy atom. The lowest BCUT2D eigenvalue weighted by Gasteiger charge is -2.08. The van der Waals surface area contributed by atoms with Crippen molar-refractivity contribution in [1.29, 1.82) is 0 Å². The number of amides is 1. The van der Waals surface area contributed by atoms with Gasteiger partial charge < -0.3 is 5.32 Å². The highest BCUT2D eigenvalue weighted by Crippen LogP contribution is 2.29. The molecule has 1 aromatic heterocycles. The maximum Gasteiger partial charge on any atom is 0.230 e. The van der Waals surface area contributed by atoms with Crippen LogP contribution in [-0.4, -0.2) is 16.1 Å². The zero-order valence-corrected chi connectivity index (χ0v) is 7.66. The van der Waals surface area contributed by atoms with Gasteiger partial charge in [-0.15, -0.1) is 0 Å². The van der Waals surface area contributed by atoms with E-state index < -0.39 is 0 Å². The van der Waals surface area contributed by atoms with Gasteiger partial charge in [-0.1, -0.05) is 13.8 Å². The lowest BCUT2D eigenvalue weighted by Crippen LogP contribution is -2.05. The third-order valence-corrected chi connectivity index (χ3v) is 2.17. The van der Waals surface area contributed by atoms with Gasteiger partial charge in [0.25, 0.3) is 0 Å². The van der Waals surface area contributed by atoms with Gasteiger partial charge in [0, 0.05) is 5.56 Å². The van der Waals surface area contributed by atoms with E-state index in [1.807, 2.05) is 0 Å². The fraction of sp³-hybridized carbons (Fsp3) is 0.444. The molecule has 0 saturated carbocycles. The number of hydrogen-bond acceptors (Lipinski definition) is 3. The van der Waals surface area contributed by atoms with Gasteiger partial charge in [-0.3, -0.25) is 4.79 Å². The summed E-state index contributed by atoms with van der Waals surface area (Å²) in [6, 6.07) is 0. The normalized spacial score (nSPS) is 14.5. The van der Waals surface area contributed by atoms with Gasteiger partial charge in [-0.25, -0.2) is 0 Å². The molecule has 1 aliphatic rings. The zero-order valence-electron chi connectivity index (χ0n) is 7.66. The van der Waals surface area contributed by atoms with E-state index in [2.05, 4.69) is 29.4 Å². The van der Waals surface area contributed by atoms with Crippen LogP contribution in [0.15, 0.2) is 6.20 Å². The molecule has 2 heterocycles. The summed E-state index contributed by atoms with van der Waals surface area (Å²) < 4.78 is 0. The lowest BCUT2D eigenvalue weighted by atomic mass is 10.0. The standard InChI is InChI=1S/C9H11N3O/c1-5(2)6-4-10-12-7-3-8(13)11-9(6)7/h4-5H,3H2,1-2H3,(H,11,13). The van der Waals surface area contributed by atoms with Crippen LogP contribution >= 0.6 is 0 Å². The van der Waals surface area contributed by atoms with Gasteiger partial charge in [0.15, 0.2) is 0 Å². The molecule has 4 heteroatoms. The number of aromatic nitrogens is 2. The molecule has 1 aromatic rings. The van der Waals surface area contributed by atoms with Crippen LogP contribution in [0.25, 0.3) is 0 Å².